The standard InChI is InChI=1S/C12H25N3O/c1-3-15(10-6-4-5-7-10)11(9-13)8-12(16)14-2/h10-11H,3-9,13H2,1-2H3,(H,14,16). The van der Waals surface area contributed by atoms with Crippen molar-refractivity contribution in [3.05, 3.63) is 0 Å². The molecule has 1 saturated carbocycles. The summed E-state index contributed by atoms with van der Waals surface area (Å²) >= 11 is 0. The van der Waals surface area contributed by atoms with Crippen molar-refractivity contribution in [2.75, 3.05) is 20.1 Å². The van der Waals surface area contributed by atoms with Crippen molar-refractivity contribution in [1.82, 2.24) is 10.2 Å². The van der Waals surface area contributed by atoms with Gasteiger partial charge in [-0.2, -0.15) is 0 Å². The Labute approximate surface area is 98.6 Å². The van der Waals surface area contributed by atoms with Crippen LogP contribution < -0.4 is 11.1 Å². The molecule has 4 nitrogen and oxygen atoms in total. The molecule has 0 saturated heterocycles. The number of carbonyl (C=O) groups is 1. The number of nitrogens with one attached hydrogen (secondary N) is 1. The Hall–Kier alpha value is -0.610. The number of likely N-dealkylation sites (N-methyl/N-ethyl adjacent to an activating group) is 1. The molecule has 0 aromatic carbocycles. The summed E-state index contributed by atoms with van der Waals surface area (Å²) < 4.78 is 0. The Bertz CT molecular complexity index is 214. The maximum atomic E-state index is 11.4. The summed E-state index contributed by atoms with van der Waals surface area (Å²) in [4.78, 5) is 13.8. The van der Waals surface area contributed by atoms with E-state index in [9.17, 15) is 4.79 Å². The van der Waals surface area contributed by atoms with Crippen LogP contribution in [-0.2, 0) is 4.79 Å². The van der Waals surface area contributed by atoms with Crippen LogP contribution in [0, 0.1) is 0 Å². The molecule has 0 aromatic rings. The van der Waals surface area contributed by atoms with E-state index in [1.54, 1.807) is 7.05 Å². The SMILES string of the molecule is CCN(C1CCCC1)C(CN)CC(=O)NC. The van der Waals surface area contributed by atoms with Crippen molar-refractivity contribution in [1.29, 1.82) is 0 Å². The zero-order chi connectivity index (χ0) is 12.0. The minimum Gasteiger partial charge on any atom is -0.359 e. The fraction of sp³-hybridized carbons (Fsp3) is 0.917. The van der Waals surface area contributed by atoms with Crippen LogP contribution in [0.4, 0.5) is 0 Å². The molecule has 1 atom stereocenters. The zero-order valence-corrected chi connectivity index (χ0v) is 10.5. The van der Waals surface area contributed by atoms with Crippen LogP contribution in [0.1, 0.15) is 39.0 Å². The predicted molar refractivity (Wildman–Crippen MR) is 66.2 cm³/mol. The smallest absolute Gasteiger partial charge is 0.221 e. The first-order valence-electron chi connectivity index (χ1n) is 6.39. The van der Waals surface area contributed by atoms with Crippen molar-refractivity contribution >= 4 is 5.91 Å². The van der Waals surface area contributed by atoms with Crippen LogP contribution in [0.15, 0.2) is 0 Å². The van der Waals surface area contributed by atoms with Gasteiger partial charge in [0.25, 0.3) is 0 Å². The lowest BCUT2D eigenvalue weighted by Gasteiger charge is -2.34. The molecule has 0 heterocycles. The van der Waals surface area contributed by atoms with Crippen LogP contribution in [0.5, 0.6) is 0 Å². The molecule has 1 fully saturated rings. The molecule has 1 amide bonds. The number of nitrogens with two attached hydrogens (primary N) is 1. The molecular formula is C12H25N3O. The molecule has 0 radical (unpaired) electrons. The number of hydrogen-bond donors (Lipinski definition) is 2. The van der Waals surface area contributed by atoms with Gasteiger partial charge in [-0.15, -0.1) is 0 Å². The largest absolute Gasteiger partial charge is 0.359 e. The Kier molecular flexibility index (Phi) is 5.77. The summed E-state index contributed by atoms with van der Waals surface area (Å²) in [6.45, 7) is 3.71. The summed E-state index contributed by atoms with van der Waals surface area (Å²) in [6, 6.07) is 0.844. The topological polar surface area (TPSA) is 58.4 Å². The quantitative estimate of drug-likeness (QED) is 0.703. The van der Waals surface area contributed by atoms with Crippen LogP contribution in [-0.4, -0.2) is 43.0 Å². The first-order valence-corrected chi connectivity index (χ1v) is 6.39. The highest BCUT2D eigenvalue weighted by molar-refractivity contribution is 5.76. The van der Waals surface area contributed by atoms with Crippen LogP contribution in [0.2, 0.25) is 0 Å². The number of amides is 1. The number of rotatable bonds is 6. The van der Waals surface area contributed by atoms with Crippen molar-refractivity contribution in [2.45, 2.75) is 51.1 Å². The van der Waals surface area contributed by atoms with E-state index < -0.39 is 0 Å². The average molecular weight is 227 g/mol. The number of carbonyl (C=O) groups excluding carboxylic acids is 1. The van der Waals surface area contributed by atoms with E-state index in [2.05, 4.69) is 17.1 Å². The van der Waals surface area contributed by atoms with Crippen molar-refractivity contribution in [3.63, 3.8) is 0 Å². The Morgan fingerprint density at radius 1 is 1.50 bits per heavy atom. The van der Waals surface area contributed by atoms with Crippen molar-refractivity contribution < 1.29 is 4.79 Å². The summed E-state index contributed by atoms with van der Waals surface area (Å²) in [6.07, 6.45) is 5.68. The molecule has 1 aliphatic rings. The molecule has 4 heteroatoms. The molecule has 0 spiro atoms. The molecule has 1 rings (SSSR count). The van der Waals surface area contributed by atoms with Crippen LogP contribution >= 0.6 is 0 Å². The molecule has 1 unspecified atom stereocenters. The summed E-state index contributed by atoms with van der Waals surface area (Å²) in [7, 11) is 1.68. The molecular weight excluding hydrogens is 202 g/mol. The third-order valence-corrected chi connectivity index (χ3v) is 3.60. The second-order valence-electron chi connectivity index (χ2n) is 4.54. The zero-order valence-electron chi connectivity index (χ0n) is 10.5. The third-order valence-electron chi connectivity index (χ3n) is 3.60. The van der Waals surface area contributed by atoms with E-state index in [0.29, 0.717) is 19.0 Å². The van der Waals surface area contributed by atoms with Gasteiger partial charge >= 0.3 is 0 Å². The van der Waals surface area contributed by atoms with Gasteiger partial charge in [-0.1, -0.05) is 19.8 Å². The normalized spacial score (nSPS) is 19.0. The van der Waals surface area contributed by atoms with Gasteiger partial charge < -0.3 is 11.1 Å². The van der Waals surface area contributed by atoms with Gasteiger partial charge in [0.05, 0.1) is 0 Å². The second-order valence-corrected chi connectivity index (χ2v) is 4.54. The van der Waals surface area contributed by atoms with E-state index in [1.807, 2.05) is 0 Å². The lowest BCUT2D eigenvalue weighted by molar-refractivity contribution is -0.122. The Morgan fingerprint density at radius 3 is 2.56 bits per heavy atom. The van der Waals surface area contributed by atoms with Crippen LogP contribution in [0.25, 0.3) is 0 Å². The maximum absolute atomic E-state index is 11.4. The van der Waals surface area contributed by atoms with Crippen molar-refractivity contribution in [2.24, 2.45) is 5.73 Å². The van der Waals surface area contributed by atoms with Gasteiger partial charge in [0.1, 0.15) is 0 Å². The van der Waals surface area contributed by atoms with Gasteiger partial charge in [0.15, 0.2) is 0 Å². The van der Waals surface area contributed by atoms with Gasteiger partial charge in [-0.25, -0.2) is 0 Å². The average Bonchev–Trinajstić information content (AvgIpc) is 2.82. The molecule has 16 heavy (non-hydrogen) atoms. The molecule has 3 N–H and O–H groups in total. The maximum Gasteiger partial charge on any atom is 0.221 e. The monoisotopic (exact) mass is 227 g/mol. The fourth-order valence-corrected chi connectivity index (χ4v) is 2.70. The molecule has 1 aliphatic carbocycles. The molecule has 0 bridgehead atoms. The summed E-state index contributed by atoms with van der Waals surface area (Å²) in [5.74, 6) is 0.0897. The number of nitrogens with zero attached hydrogens (tertiary/aromatic N) is 1. The molecule has 0 aromatic heterocycles. The first kappa shape index (κ1) is 13.5. The fourth-order valence-electron chi connectivity index (χ4n) is 2.70. The second kappa shape index (κ2) is 6.86. The van der Waals surface area contributed by atoms with Crippen molar-refractivity contribution in [3.8, 4) is 0 Å². The van der Waals surface area contributed by atoms with E-state index in [1.165, 1.54) is 25.7 Å². The van der Waals surface area contributed by atoms with E-state index in [0.717, 1.165) is 6.54 Å². The highest BCUT2D eigenvalue weighted by Crippen LogP contribution is 2.25. The minimum atomic E-state index is 0.0897. The molecule has 0 aliphatic heterocycles. The van der Waals surface area contributed by atoms with Crippen LogP contribution in [0.3, 0.4) is 0 Å². The summed E-state index contributed by atoms with van der Waals surface area (Å²) in [5.41, 5.74) is 5.80. The van der Waals surface area contributed by atoms with E-state index >= 15 is 0 Å². The highest BCUT2D eigenvalue weighted by Gasteiger charge is 2.27. The van der Waals surface area contributed by atoms with Gasteiger partial charge in [0, 0.05) is 32.1 Å². The number of hydrogen-bond acceptors (Lipinski definition) is 3. The molecule has 94 valence electrons. The highest BCUT2D eigenvalue weighted by atomic mass is 16.1. The summed E-state index contributed by atoms with van der Waals surface area (Å²) in [5, 5.41) is 2.68. The van der Waals surface area contributed by atoms with Gasteiger partial charge in [-0.3, -0.25) is 9.69 Å². The predicted octanol–water partition coefficient (Wildman–Crippen LogP) is 0.714. The third kappa shape index (κ3) is 3.46. The van der Waals surface area contributed by atoms with Gasteiger partial charge in [-0.05, 0) is 19.4 Å². The Balaban J connectivity index is 2.55. The minimum absolute atomic E-state index is 0.0897. The van der Waals surface area contributed by atoms with E-state index in [4.69, 9.17) is 5.73 Å². The lowest BCUT2D eigenvalue weighted by Crippen LogP contribution is -2.47. The Morgan fingerprint density at radius 2 is 2.12 bits per heavy atom. The van der Waals surface area contributed by atoms with E-state index in [-0.39, 0.29) is 11.9 Å². The first-order chi connectivity index (χ1) is 7.72. The van der Waals surface area contributed by atoms with Gasteiger partial charge in [0.2, 0.25) is 5.91 Å². The lowest BCUT2D eigenvalue weighted by atomic mass is 10.1.